The second kappa shape index (κ2) is 10.7. The molecule has 1 saturated heterocycles. The number of urea groups is 1. The van der Waals surface area contributed by atoms with Crippen molar-refractivity contribution >= 4 is 29.0 Å². The van der Waals surface area contributed by atoms with Gasteiger partial charge < -0.3 is 25.6 Å². The first-order valence-electron chi connectivity index (χ1n) is 11.2. The first-order chi connectivity index (χ1) is 16.5. The van der Waals surface area contributed by atoms with Crippen molar-refractivity contribution in [3.8, 4) is 5.75 Å². The highest BCUT2D eigenvalue weighted by molar-refractivity contribution is 6.04. The maximum Gasteiger partial charge on any atom is 0.323 e. The maximum absolute atomic E-state index is 13.4. The Kier molecular flexibility index (Phi) is 7.27. The quantitative estimate of drug-likeness (QED) is 0.461. The van der Waals surface area contributed by atoms with Gasteiger partial charge in [-0.2, -0.15) is 0 Å². The van der Waals surface area contributed by atoms with Crippen LogP contribution in [-0.4, -0.2) is 32.1 Å². The Morgan fingerprint density at radius 1 is 0.971 bits per heavy atom. The first-order valence-corrected chi connectivity index (χ1v) is 11.2. The summed E-state index contributed by atoms with van der Waals surface area (Å²) in [5.41, 5.74) is 3.10. The highest BCUT2D eigenvalue weighted by Crippen LogP contribution is 2.30. The molecule has 176 valence electrons. The number of anilines is 3. The number of ether oxygens (including phenoxy) is 1. The van der Waals surface area contributed by atoms with E-state index in [9.17, 15) is 14.0 Å². The van der Waals surface area contributed by atoms with E-state index >= 15 is 0 Å². The van der Waals surface area contributed by atoms with E-state index in [-0.39, 0.29) is 18.3 Å². The number of nitrogens with zero attached hydrogens (tertiary/aromatic N) is 1. The average Bonchev–Trinajstić information content (AvgIpc) is 3.38. The lowest BCUT2D eigenvalue weighted by atomic mass is 10.1. The Morgan fingerprint density at radius 2 is 1.74 bits per heavy atom. The third kappa shape index (κ3) is 5.83. The summed E-state index contributed by atoms with van der Waals surface area (Å²) in [6, 6.07) is 17.9. The van der Waals surface area contributed by atoms with Crippen LogP contribution >= 0.6 is 0 Å². The van der Waals surface area contributed by atoms with Crippen LogP contribution in [0.3, 0.4) is 0 Å². The smallest absolute Gasteiger partial charge is 0.323 e. The summed E-state index contributed by atoms with van der Waals surface area (Å²) in [6.45, 7) is 1.98. The Hall–Kier alpha value is -4.07. The van der Waals surface area contributed by atoms with Crippen molar-refractivity contribution in [3.05, 3.63) is 83.7 Å². The molecule has 1 aliphatic heterocycles. The maximum atomic E-state index is 13.4. The molecule has 0 saturated carbocycles. The van der Waals surface area contributed by atoms with E-state index in [1.165, 1.54) is 12.1 Å². The van der Waals surface area contributed by atoms with Crippen molar-refractivity contribution in [2.24, 2.45) is 0 Å². The molecule has 0 atom stereocenters. The standard InChI is InChI=1S/C26H27FN4O3/c1-34-22-10-8-21(9-11-22)29-26(33)30-23-16-19(7-12-24(23)31-13-2-3-14-31)25(32)28-17-18-5-4-6-20(27)15-18/h4-12,15-16H,2-3,13-14,17H2,1H3,(H,28,32)(H2,29,30,33). The number of benzene rings is 3. The highest BCUT2D eigenvalue weighted by Gasteiger charge is 2.19. The lowest BCUT2D eigenvalue weighted by Crippen LogP contribution is -2.26. The molecule has 3 aromatic carbocycles. The number of methoxy groups -OCH3 is 1. The summed E-state index contributed by atoms with van der Waals surface area (Å²) in [7, 11) is 1.58. The van der Waals surface area contributed by atoms with Crippen molar-refractivity contribution in [2.75, 3.05) is 35.7 Å². The number of halogens is 1. The van der Waals surface area contributed by atoms with Gasteiger partial charge in [-0.3, -0.25) is 4.79 Å². The fourth-order valence-electron chi connectivity index (χ4n) is 3.90. The molecular formula is C26H27FN4O3. The van der Waals surface area contributed by atoms with Crippen molar-refractivity contribution in [2.45, 2.75) is 19.4 Å². The molecule has 1 heterocycles. The minimum Gasteiger partial charge on any atom is -0.497 e. The second-order valence-corrected chi connectivity index (χ2v) is 8.05. The third-order valence-electron chi connectivity index (χ3n) is 5.64. The SMILES string of the molecule is COc1ccc(NC(=O)Nc2cc(C(=O)NCc3cccc(F)c3)ccc2N2CCCC2)cc1. The number of carbonyl (C=O) groups is 2. The van der Waals surface area contributed by atoms with E-state index in [4.69, 9.17) is 4.74 Å². The lowest BCUT2D eigenvalue weighted by molar-refractivity contribution is 0.0951. The number of hydrogen-bond donors (Lipinski definition) is 3. The molecule has 1 aliphatic rings. The van der Waals surface area contributed by atoms with Crippen molar-refractivity contribution in [1.82, 2.24) is 5.32 Å². The normalized spacial score (nSPS) is 12.8. The largest absolute Gasteiger partial charge is 0.497 e. The predicted molar refractivity (Wildman–Crippen MR) is 131 cm³/mol. The van der Waals surface area contributed by atoms with Crippen LogP contribution in [0.5, 0.6) is 5.75 Å². The lowest BCUT2D eigenvalue weighted by Gasteiger charge is -2.22. The van der Waals surface area contributed by atoms with Crippen LogP contribution < -0.4 is 25.6 Å². The summed E-state index contributed by atoms with van der Waals surface area (Å²) in [5, 5.41) is 8.49. The van der Waals surface area contributed by atoms with Crippen LogP contribution in [0.15, 0.2) is 66.7 Å². The van der Waals surface area contributed by atoms with Gasteiger partial charge in [0.2, 0.25) is 0 Å². The zero-order valence-corrected chi connectivity index (χ0v) is 18.9. The van der Waals surface area contributed by atoms with E-state index in [0.29, 0.717) is 28.3 Å². The van der Waals surface area contributed by atoms with Crippen LogP contribution in [0.1, 0.15) is 28.8 Å². The average molecular weight is 463 g/mol. The summed E-state index contributed by atoms with van der Waals surface area (Å²) in [6.07, 6.45) is 2.15. The molecule has 0 unspecified atom stereocenters. The molecule has 7 nitrogen and oxygen atoms in total. The zero-order chi connectivity index (χ0) is 23.9. The number of amides is 3. The fourth-order valence-corrected chi connectivity index (χ4v) is 3.90. The molecule has 8 heteroatoms. The zero-order valence-electron chi connectivity index (χ0n) is 18.9. The van der Waals surface area contributed by atoms with Crippen molar-refractivity contribution < 1.29 is 18.7 Å². The molecule has 0 aliphatic carbocycles. The van der Waals surface area contributed by atoms with Crippen molar-refractivity contribution in [1.29, 1.82) is 0 Å². The first kappa shape index (κ1) is 23.1. The van der Waals surface area contributed by atoms with Gasteiger partial charge in [0.05, 0.1) is 18.5 Å². The Labute approximate surface area is 197 Å². The molecule has 0 bridgehead atoms. The number of carbonyl (C=O) groups excluding carboxylic acids is 2. The van der Waals surface area contributed by atoms with Gasteiger partial charge in [0.25, 0.3) is 5.91 Å². The molecule has 3 N–H and O–H groups in total. The number of rotatable bonds is 7. The molecule has 3 aromatic rings. The van der Waals surface area contributed by atoms with Crippen molar-refractivity contribution in [3.63, 3.8) is 0 Å². The topological polar surface area (TPSA) is 82.7 Å². The van der Waals surface area contributed by atoms with E-state index in [1.54, 1.807) is 55.6 Å². The Balaban J connectivity index is 1.49. The van der Waals surface area contributed by atoms with Crippen LogP contribution in [0.2, 0.25) is 0 Å². The third-order valence-corrected chi connectivity index (χ3v) is 5.64. The fraction of sp³-hybridized carbons (Fsp3) is 0.231. The van der Waals surface area contributed by atoms with Crippen LogP contribution in [0, 0.1) is 5.82 Å². The minimum atomic E-state index is -0.414. The van der Waals surface area contributed by atoms with Gasteiger partial charge in [0.1, 0.15) is 11.6 Å². The predicted octanol–water partition coefficient (Wildman–Crippen LogP) is 5.01. The Bertz CT molecular complexity index is 1160. The van der Waals surface area contributed by atoms with Crippen LogP contribution in [-0.2, 0) is 6.54 Å². The summed E-state index contributed by atoms with van der Waals surface area (Å²) in [5.74, 6) is 0.0335. The highest BCUT2D eigenvalue weighted by atomic mass is 19.1. The summed E-state index contributed by atoms with van der Waals surface area (Å²) in [4.78, 5) is 27.7. The molecule has 3 amide bonds. The number of hydrogen-bond acceptors (Lipinski definition) is 4. The van der Waals surface area contributed by atoms with Gasteiger partial charge in [-0.1, -0.05) is 12.1 Å². The van der Waals surface area contributed by atoms with Gasteiger partial charge in [0, 0.05) is 30.9 Å². The van der Waals surface area contributed by atoms with Gasteiger partial charge >= 0.3 is 6.03 Å². The van der Waals surface area contributed by atoms with Gasteiger partial charge in [-0.05, 0) is 73.0 Å². The molecule has 0 spiro atoms. The Morgan fingerprint density at radius 3 is 2.44 bits per heavy atom. The van der Waals surface area contributed by atoms with Crippen LogP contribution in [0.4, 0.5) is 26.2 Å². The molecule has 34 heavy (non-hydrogen) atoms. The van der Waals surface area contributed by atoms with Gasteiger partial charge in [-0.15, -0.1) is 0 Å². The number of nitrogens with one attached hydrogen (secondary N) is 3. The molecule has 1 fully saturated rings. The molecular weight excluding hydrogens is 435 g/mol. The van der Waals surface area contributed by atoms with E-state index in [2.05, 4.69) is 20.9 Å². The summed E-state index contributed by atoms with van der Waals surface area (Å²) >= 11 is 0. The van der Waals surface area contributed by atoms with Gasteiger partial charge in [0.15, 0.2) is 0 Å². The molecule has 0 aromatic heterocycles. The van der Waals surface area contributed by atoms with E-state index in [1.807, 2.05) is 6.07 Å². The van der Waals surface area contributed by atoms with E-state index in [0.717, 1.165) is 31.6 Å². The minimum absolute atomic E-state index is 0.200. The molecule has 0 radical (unpaired) electrons. The van der Waals surface area contributed by atoms with Crippen LogP contribution in [0.25, 0.3) is 0 Å². The summed E-state index contributed by atoms with van der Waals surface area (Å²) < 4.78 is 18.5. The van der Waals surface area contributed by atoms with Gasteiger partial charge in [-0.25, -0.2) is 9.18 Å². The molecule has 4 rings (SSSR count). The van der Waals surface area contributed by atoms with E-state index < -0.39 is 6.03 Å². The second-order valence-electron chi connectivity index (χ2n) is 8.05. The monoisotopic (exact) mass is 462 g/mol.